The van der Waals surface area contributed by atoms with Crippen molar-refractivity contribution in [2.24, 2.45) is 0 Å². The molecule has 0 fully saturated rings. The van der Waals surface area contributed by atoms with E-state index < -0.39 is 0 Å². The van der Waals surface area contributed by atoms with Gasteiger partial charge in [0.05, 0.1) is 0 Å². The van der Waals surface area contributed by atoms with E-state index in [1.165, 1.54) is 11.1 Å². The van der Waals surface area contributed by atoms with Crippen LogP contribution in [0.25, 0.3) is 0 Å². The Bertz CT molecular complexity index is 596. The molecule has 0 bridgehead atoms. The summed E-state index contributed by atoms with van der Waals surface area (Å²) < 4.78 is 11.6. The molecule has 118 valence electrons. The van der Waals surface area contributed by atoms with Crippen LogP contribution in [0.3, 0.4) is 0 Å². The van der Waals surface area contributed by atoms with Gasteiger partial charge in [-0.1, -0.05) is 31.2 Å². The maximum absolute atomic E-state index is 5.80. The monoisotopic (exact) mass is 299 g/mol. The lowest BCUT2D eigenvalue weighted by atomic mass is 10.1. The molecule has 2 aromatic rings. The first-order valence-electron chi connectivity index (χ1n) is 7.81. The molecule has 1 N–H and O–H groups in total. The van der Waals surface area contributed by atoms with E-state index in [1.807, 2.05) is 12.1 Å². The number of hydrogen-bond acceptors (Lipinski definition) is 3. The van der Waals surface area contributed by atoms with Gasteiger partial charge in [0.2, 0.25) is 0 Å². The molecule has 3 heteroatoms. The molecule has 0 amide bonds. The Morgan fingerprint density at radius 2 is 1.77 bits per heavy atom. The zero-order valence-electron chi connectivity index (χ0n) is 13.7. The molecule has 0 radical (unpaired) electrons. The molecule has 3 nitrogen and oxygen atoms in total. The van der Waals surface area contributed by atoms with Crippen molar-refractivity contribution in [3.05, 3.63) is 59.2 Å². The predicted octanol–water partition coefficient (Wildman–Crippen LogP) is 3.87. The van der Waals surface area contributed by atoms with Gasteiger partial charge in [-0.2, -0.15) is 0 Å². The molecule has 0 heterocycles. The van der Waals surface area contributed by atoms with Crippen LogP contribution < -0.4 is 14.8 Å². The second kappa shape index (κ2) is 8.44. The summed E-state index contributed by atoms with van der Waals surface area (Å²) in [5, 5.41) is 3.31. The summed E-state index contributed by atoms with van der Waals surface area (Å²) >= 11 is 0. The van der Waals surface area contributed by atoms with Crippen LogP contribution in [0.1, 0.15) is 23.6 Å². The van der Waals surface area contributed by atoms with E-state index in [2.05, 4.69) is 56.4 Å². The highest BCUT2D eigenvalue weighted by Gasteiger charge is 2.01. The number of aryl methyl sites for hydroxylation is 2. The van der Waals surface area contributed by atoms with E-state index in [1.54, 1.807) is 0 Å². The summed E-state index contributed by atoms with van der Waals surface area (Å²) in [4.78, 5) is 0. The minimum Gasteiger partial charge on any atom is -0.490 e. The first-order chi connectivity index (χ1) is 10.7. The Morgan fingerprint density at radius 1 is 0.955 bits per heavy atom. The fraction of sp³-hybridized carbons (Fsp3) is 0.368. The molecule has 0 aliphatic carbocycles. The number of ether oxygens (including phenoxy) is 2. The van der Waals surface area contributed by atoms with Crippen LogP contribution in [0.2, 0.25) is 0 Å². The molecular weight excluding hydrogens is 274 g/mol. The minimum absolute atomic E-state index is 0.540. The van der Waals surface area contributed by atoms with Crippen molar-refractivity contribution < 1.29 is 9.47 Å². The van der Waals surface area contributed by atoms with Crippen molar-refractivity contribution in [2.75, 3.05) is 19.8 Å². The maximum Gasteiger partial charge on any atom is 0.122 e. The summed E-state index contributed by atoms with van der Waals surface area (Å²) in [6, 6.07) is 14.4. The first kappa shape index (κ1) is 16.4. The Morgan fingerprint density at radius 3 is 2.59 bits per heavy atom. The van der Waals surface area contributed by atoms with Crippen LogP contribution in [0, 0.1) is 13.8 Å². The van der Waals surface area contributed by atoms with E-state index in [0.717, 1.165) is 30.2 Å². The van der Waals surface area contributed by atoms with Crippen LogP contribution >= 0.6 is 0 Å². The van der Waals surface area contributed by atoms with Gasteiger partial charge in [0.15, 0.2) is 0 Å². The van der Waals surface area contributed by atoms with Crippen molar-refractivity contribution in [1.29, 1.82) is 0 Å². The predicted molar refractivity (Wildman–Crippen MR) is 90.7 cm³/mol. The summed E-state index contributed by atoms with van der Waals surface area (Å²) in [6.07, 6.45) is 0. The van der Waals surface area contributed by atoms with Gasteiger partial charge in [0, 0.05) is 6.54 Å². The van der Waals surface area contributed by atoms with E-state index in [-0.39, 0.29) is 0 Å². The second-order valence-electron chi connectivity index (χ2n) is 5.39. The van der Waals surface area contributed by atoms with Gasteiger partial charge in [-0.15, -0.1) is 0 Å². The van der Waals surface area contributed by atoms with Crippen LogP contribution in [-0.4, -0.2) is 19.8 Å². The van der Waals surface area contributed by atoms with Crippen LogP contribution in [0.15, 0.2) is 42.5 Å². The standard InChI is InChI=1S/C19H25NO2/c1-4-20-14-17-6-5-7-18(13-17)21-10-11-22-19-12-15(2)8-9-16(19)3/h5-9,12-13,20H,4,10-11,14H2,1-3H3. The van der Waals surface area contributed by atoms with Gasteiger partial charge in [-0.05, 0) is 55.3 Å². The summed E-state index contributed by atoms with van der Waals surface area (Å²) in [6.45, 7) is 9.14. The van der Waals surface area contributed by atoms with Crippen LogP contribution in [0.4, 0.5) is 0 Å². The number of benzene rings is 2. The van der Waals surface area contributed by atoms with Crippen molar-refractivity contribution in [1.82, 2.24) is 5.32 Å². The highest BCUT2D eigenvalue weighted by atomic mass is 16.5. The largest absolute Gasteiger partial charge is 0.490 e. The number of hydrogen-bond donors (Lipinski definition) is 1. The average molecular weight is 299 g/mol. The van der Waals surface area contributed by atoms with Crippen LogP contribution in [0.5, 0.6) is 11.5 Å². The highest BCUT2D eigenvalue weighted by molar-refractivity contribution is 5.36. The summed E-state index contributed by atoms with van der Waals surface area (Å²) in [7, 11) is 0. The van der Waals surface area contributed by atoms with E-state index >= 15 is 0 Å². The smallest absolute Gasteiger partial charge is 0.122 e. The molecule has 0 atom stereocenters. The topological polar surface area (TPSA) is 30.5 Å². The quantitative estimate of drug-likeness (QED) is 0.751. The molecule has 0 saturated heterocycles. The Balaban J connectivity index is 1.80. The van der Waals surface area contributed by atoms with Crippen molar-refractivity contribution in [3.8, 4) is 11.5 Å². The molecule has 0 aliphatic rings. The zero-order valence-corrected chi connectivity index (χ0v) is 13.7. The molecule has 0 aromatic heterocycles. The van der Waals surface area contributed by atoms with E-state index in [4.69, 9.17) is 9.47 Å². The fourth-order valence-electron chi connectivity index (χ4n) is 2.19. The Kier molecular flexibility index (Phi) is 6.28. The van der Waals surface area contributed by atoms with Gasteiger partial charge in [-0.3, -0.25) is 0 Å². The normalized spacial score (nSPS) is 10.5. The maximum atomic E-state index is 5.80. The van der Waals surface area contributed by atoms with E-state index in [0.29, 0.717) is 13.2 Å². The third-order valence-electron chi connectivity index (χ3n) is 3.43. The van der Waals surface area contributed by atoms with E-state index in [9.17, 15) is 0 Å². The first-order valence-corrected chi connectivity index (χ1v) is 7.81. The van der Waals surface area contributed by atoms with Crippen molar-refractivity contribution >= 4 is 0 Å². The Hall–Kier alpha value is -2.00. The second-order valence-corrected chi connectivity index (χ2v) is 5.39. The van der Waals surface area contributed by atoms with Gasteiger partial charge >= 0.3 is 0 Å². The fourth-order valence-corrected chi connectivity index (χ4v) is 2.19. The zero-order chi connectivity index (χ0) is 15.8. The summed E-state index contributed by atoms with van der Waals surface area (Å²) in [5.74, 6) is 1.82. The van der Waals surface area contributed by atoms with Gasteiger partial charge < -0.3 is 14.8 Å². The van der Waals surface area contributed by atoms with Gasteiger partial charge in [0.1, 0.15) is 24.7 Å². The molecule has 0 spiro atoms. The molecule has 2 rings (SSSR count). The minimum atomic E-state index is 0.540. The van der Waals surface area contributed by atoms with Gasteiger partial charge in [-0.25, -0.2) is 0 Å². The SMILES string of the molecule is CCNCc1cccc(OCCOc2cc(C)ccc2C)c1. The molecule has 2 aromatic carbocycles. The third-order valence-corrected chi connectivity index (χ3v) is 3.43. The lowest BCUT2D eigenvalue weighted by Gasteiger charge is -2.11. The molecule has 0 saturated carbocycles. The lowest BCUT2D eigenvalue weighted by molar-refractivity contribution is 0.216. The molecule has 0 aliphatic heterocycles. The van der Waals surface area contributed by atoms with Crippen LogP contribution in [-0.2, 0) is 6.54 Å². The molecular formula is C19H25NO2. The molecule has 22 heavy (non-hydrogen) atoms. The van der Waals surface area contributed by atoms with Crippen molar-refractivity contribution in [2.45, 2.75) is 27.3 Å². The Labute approximate surface area is 133 Å². The summed E-state index contributed by atoms with van der Waals surface area (Å²) in [5.41, 5.74) is 3.59. The lowest BCUT2D eigenvalue weighted by Crippen LogP contribution is -2.12. The average Bonchev–Trinajstić information content (AvgIpc) is 2.53. The third kappa shape index (κ3) is 5.08. The number of nitrogens with one attached hydrogen (secondary N) is 1. The van der Waals surface area contributed by atoms with Gasteiger partial charge in [0.25, 0.3) is 0 Å². The van der Waals surface area contributed by atoms with Crippen molar-refractivity contribution in [3.63, 3.8) is 0 Å². The number of rotatable bonds is 8. The highest BCUT2D eigenvalue weighted by Crippen LogP contribution is 2.19. The molecule has 0 unspecified atom stereocenters.